The van der Waals surface area contributed by atoms with E-state index in [0.29, 0.717) is 22.4 Å². The number of allylic oxidation sites excluding steroid dienone is 4. The lowest BCUT2D eigenvalue weighted by molar-refractivity contribution is 0.0522. The first-order valence-electron chi connectivity index (χ1n) is 9.28. The molecule has 0 unspecified atom stereocenters. The second-order valence-corrected chi connectivity index (χ2v) is 8.11. The summed E-state index contributed by atoms with van der Waals surface area (Å²) in [6.45, 7) is 10.9. The highest BCUT2D eigenvalue weighted by molar-refractivity contribution is 5.90. The monoisotopic (exact) mass is 389 g/mol. The van der Waals surface area contributed by atoms with E-state index in [-0.39, 0.29) is 0 Å². The average Bonchev–Trinajstić information content (AvgIpc) is 2.96. The van der Waals surface area contributed by atoms with Gasteiger partial charge in [-0.2, -0.15) is 20.3 Å². The first-order valence-corrected chi connectivity index (χ1v) is 9.28. The Morgan fingerprint density at radius 2 is 1.72 bits per heavy atom. The molecule has 148 valence electrons. The summed E-state index contributed by atoms with van der Waals surface area (Å²) in [7, 11) is 0. The predicted octanol–water partition coefficient (Wildman–Crippen LogP) is 4.41. The van der Waals surface area contributed by atoms with Crippen molar-refractivity contribution in [1.29, 1.82) is 10.5 Å². The first kappa shape index (κ1) is 20.2. The molecule has 1 N–H and O–H groups in total. The smallest absolute Gasteiger partial charge is 0.435 e. The maximum absolute atomic E-state index is 12.5. The predicted molar refractivity (Wildman–Crippen MR) is 109 cm³/mol. The van der Waals surface area contributed by atoms with Crippen molar-refractivity contribution < 1.29 is 9.53 Å². The summed E-state index contributed by atoms with van der Waals surface area (Å²) in [4.78, 5) is 12.5. The van der Waals surface area contributed by atoms with E-state index in [9.17, 15) is 15.3 Å². The molecule has 0 saturated heterocycles. The van der Waals surface area contributed by atoms with Crippen LogP contribution in [0.5, 0.6) is 0 Å². The summed E-state index contributed by atoms with van der Waals surface area (Å²) >= 11 is 0. The molecule has 7 heteroatoms. The lowest BCUT2D eigenvalue weighted by atomic mass is 9.81. The first-order chi connectivity index (χ1) is 13.6. The number of carbonyl (C=O) groups is 1. The number of rotatable bonds is 1. The second kappa shape index (κ2) is 7.10. The fraction of sp³-hybridized carbons (Fsp3) is 0.364. The molecule has 0 radical (unpaired) electrons. The minimum atomic E-state index is -0.633. The van der Waals surface area contributed by atoms with Crippen LogP contribution in [-0.4, -0.2) is 21.5 Å². The number of carbonyl (C=O) groups excluding carboxylic acids is 1. The largest absolute Gasteiger partial charge is 0.442 e. The van der Waals surface area contributed by atoms with Gasteiger partial charge in [0.05, 0.1) is 40.4 Å². The lowest BCUT2D eigenvalue weighted by Crippen LogP contribution is -2.27. The molecule has 0 spiro atoms. The molecule has 1 aromatic heterocycles. The molecule has 7 nitrogen and oxygen atoms in total. The van der Waals surface area contributed by atoms with Gasteiger partial charge in [0.25, 0.3) is 0 Å². The molecule has 2 aromatic rings. The number of dihydropyridines is 1. The molecule has 1 aliphatic heterocycles. The van der Waals surface area contributed by atoms with Crippen molar-refractivity contribution in [3.05, 3.63) is 52.0 Å². The van der Waals surface area contributed by atoms with Crippen LogP contribution in [0.3, 0.4) is 0 Å². The van der Waals surface area contributed by atoms with Gasteiger partial charge in [-0.15, -0.1) is 0 Å². The van der Waals surface area contributed by atoms with Gasteiger partial charge in [-0.3, -0.25) is 0 Å². The molecule has 2 heterocycles. The normalized spacial score (nSPS) is 15.2. The van der Waals surface area contributed by atoms with Crippen LogP contribution in [-0.2, 0) is 4.74 Å². The third-order valence-electron chi connectivity index (χ3n) is 4.79. The molecule has 1 aromatic carbocycles. The van der Waals surface area contributed by atoms with E-state index in [0.717, 1.165) is 22.3 Å². The van der Waals surface area contributed by atoms with E-state index in [2.05, 4.69) is 22.6 Å². The van der Waals surface area contributed by atoms with E-state index in [1.54, 1.807) is 26.8 Å². The number of hydrogen-bond acceptors (Lipinski definition) is 6. The maximum Gasteiger partial charge on any atom is 0.435 e. The van der Waals surface area contributed by atoms with Crippen LogP contribution in [0.2, 0.25) is 0 Å². The number of nitriles is 2. The molecule has 0 atom stereocenters. The van der Waals surface area contributed by atoms with Crippen molar-refractivity contribution in [2.75, 3.05) is 0 Å². The van der Waals surface area contributed by atoms with Crippen LogP contribution in [0, 0.1) is 29.6 Å². The van der Waals surface area contributed by atoms with Crippen LogP contribution in [0.1, 0.15) is 51.8 Å². The number of ether oxygens (including phenoxy) is 1. The summed E-state index contributed by atoms with van der Waals surface area (Å²) in [5.41, 5.74) is 3.93. The van der Waals surface area contributed by atoms with Crippen molar-refractivity contribution >= 4 is 17.0 Å². The summed E-state index contributed by atoms with van der Waals surface area (Å²) in [6, 6.07) is 9.98. The number of aryl methyl sites for hydroxylation is 1. The molecule has 0 bridgehead atoms. The summed E-state index contributed by atoms with van der Waals surface area (Å²) < 4.78 is 6.69. The van der Waals surface area contributed by atoms with Crippen molar-refractivity contribution in [1.82, 2.24) is 15.1 Å². The van der Waals surface area contributed by atoms with Crippen molar-refractivity contribution in [3.8, 4) is 12.1 Å². The minimum Gasteiger partial charge on any atom is -0.442 e. The van der Waals surface area contributed by atoms with E-state index < -0.39 is 17.6 Å². The van der Waals surface area contributed by atoms with Gasteiger partial charge in [-0.05, 0) is 59.2 Å². The quantitative estimate of drug-likeness (QED) is 0.775. The van der Waals surface area contributed by atoms with Gasteiger partial charge in [-0.1, -0.05) is 6.07 Å². The third kappa shape index (κ3) is 3.60. The van der Waals surface area contributed by atoms with Gasteiger partial charge in [0.2, 0.25) is 0 Å². The van der Waals surface area contributed by atoms with Gasteiger partial charge < -0.3 is 10.1 Å². The summed E-state index contributed by atoms with van der Waals surface area (Å²) in [5, 5.41) is 27.6. The Hall–Kier alpha value is -3.58. The zero-order valence-corrected chi connectivity index (χ0v) is 17.4. The van der Waals surface area contributed by atoms with Gasteiger partial charge in [-0.25, -0.2) is 4.79 Å². The van der Waals surface area contributed by atoms with E-state index in [1.165, 1.54) is 4.68 Å². The van der Waals surface area contributed by atoms with Crippen molar-refractivity contribution in [3.63, 3.8) is 0 Å². The van der Waals surface area contributed by atoms with Crippen molar-refractivity contribution in [2.45, 2.75) is 53.1 Å². The standard InChI is InChI=1S/C22H23N5O2/c1-12-17(10-23)20(18(11-24)13(2)25-12)15-7-8-19-16(9-15)14(3)26-27(19)21(28)29-22(4,5)6/h7-9,20,25H,1-6H3. The Morgan fingerprint density at radius 3 is 2.24 bits per heavy atom. The Labute approximate surface area is 169 Å². The van der Waals surface area contributed by atoms with Crippen LogP contribution in [0.4, 0.5) is 4.79 Å². The highest BCUT2D eigenvalue weighted by atomic mass is 16.6. The molecule has 0 aliphatic carbocycles. The Bertz CT molecular complexity index is 1130. The zero-order valence-electron chi connectivity index (χ0n) is 17.4. The summed E-state index contributed by atoms with van der Waals surface area (Å²) in [6.07, 6.45) is -0.549. The van der Waals surface area contributed by atoms with Gasteiger partial charge in [0.15, 0.2) is 0 Å². The zero-order chi connectivity index (χ0) is 21.5. The Morgan fingerprint density at radius 1 is 1.14 bits per heavy atom. The fourth-order valence-corrected chi connectivity index (χ4v) is 3.53. The van der Waals surface area contributed by atoms with E-state index in [1.807, 2.05) is 32.9 Å². The highest BCUT2D eigenvalue weighted by Crippen LogP contribution is 2.38. The molecule has 3 rings (SSSR count). The summed E-state index contributed by atoms with van der Waals surface area (Å²) in [5.74, 6) is -0.458. The number of aromatic nitrogens is 2. The SMILES string of the molecule is CC1=C(C#N)C(c2ccc3c(c2)c(C)nn3C(=O)OC(C)(C)C)C(C#N)=C(C)N1. The van der Waals surface area contributed by atoms with Crippen molar-refractivity contribution in [2.24, 2.45) is 0 Å². The minimum absolute atomic E-state index is 0.458. The second-order valence-electron chi connectivity index (χ2n) is 8.11. The molecular formula is C22H23N5O2. The molecular weight excluding hydrogens is 366 g/mol. The van der Waals surface area contributed by atoms with Crippen LogP contribution < -0.4 is 5.32 Å². The van der Waals surface area contributed by atoms with Crippen LogP contribution in [0.25, 0.3) is 10.9 Å². The number of benzene rings is 1. The van der Waals surface area contributed by atoms with Crippen LogP contribution >= 0.6 is 0 Å². The number of hydrogen-bond donors (Lipinski definition) is 1. The topological polar surface area (TPSA) is 104 Å². The maximum atomic E-state index is 12.5. The highest BCUT2D eigenvalue weighted by Gasteiger charge is 2.30. The molecule has 1 aliphatic rings. The molecule has 29 heavy (non-hydrogen) atoms. The van der Waals surface area contributed by atoms with E-state index in [4.69, 9.17) is 4.74 Å². The Balaban J connectivity index is 2.15. The number of fused-ring (bicyclic) bond motifs is 1. The van der Waals surface area contributed by atoms with Crippen LogP contribution in [0.15, 0.2) is 40.7 Å². The van der Waals surface area contributed by atoms with Gasteiger partial charge in [0.1, 0.15) is 5.60 Å². The lowest BCUT2D eigenvalue weighted by Gasteiger charge is -2.26. The molecule has 0 fully saturated rings. The average molecular weight is 389 g/mol. The fourth-order valence-electron chi connectivity index (χ4n) is 3.53. The number of nitrogens with zero attached hydrogens (tertiary/aromatic N) is 4. The van der Waals surface area contributed by atoms with E-state index >= 15 is 0 Å². The van der Waals surface area contributed by atoms with Gasteiger partial charge >= 0.3 is 6.09 Å². The van der Waals surface area contributed by atoms with Gasteiger partial charge in [0, 0.05) is 16.8 Å². The Kier molecular flexibility index (Phi) is 4.94. The molecule has 0 amide bonds. The number of nitrogens with one attached hydrogen (secondary N) is 1. The molecule has 0 saturated carbocycles. The third-order valence-corrected chi connectivity index (χ3v) is 4.79.